The van der Waals surface area contributed by atoms with Crippen molar-refractivity contribution in [1.82, 2.24) is 4.90 Å². The minimum atomic E-state index is 0.0122. The highest BCUT2D eigenvalue weighted by molar-refractivity contribution is 5.60. The highest BCUT2D eigenvalue weighted by atomic mass is 16.1. The maximum absolute atomic E-state index is 11.3. The fraction of sp³-hybridized carbons (Fsp3) is 0.923. The molecule has 0 aromatic carbocycles. The molecule has 15 heavy (non-hydrogen) atoms. The molecule has 1 heterocycles. The normalized spacial score (nSPS) is 35.9. The average Bonchev–Trinajstić information content (AvgIpc) is 2.76. The molecule has 2 unspecified atom stereocenters. The lowest BCUT2D eigenvalue weighted by Gasteiger charge is -2.31. The first-order chi connectivity index (χ1) is 7.15. The molecule has 2 atom stereocenters. The van der Waals surface area contributed by atoms with Crippen molar-refractivity contribution in [3.63, 3.8) is 0 Å². The van der Waals surface area contributed by atoms with Crippen LogP contribution >= 0.6 is 0 Å². The summed E-state index contributed by atoms with van der Waals surface area (Å²) in [6.07, 6.45) is 7.28. The van der Waals surface area contributed by atoms with Gasteiger partial charge in [-0.3, -0.25) is 4.90 Å². The third-order valence-corrected chi connectivity index (χ3v) is 4.28. The zero-order chi connectivity index (χ0) is 10.9. The molecule has 2 nitrogen and oxygen atoms in total. The fourth-order valence-electron chi connectivity index (χ4n) is 3.40. The third kappa shape index (κ3) is 2.25. The van der Waals surface area contributed by atoms with Gasteiger partial charge in [-0.15, -0.1) is 0 Å². The van der Waals surface area contributed by atoms with Crippen LogP contribution in [0.3, 0.4) is 0 Å². The van der Waals surface area contributed by atoms with E-state index in [-0.39, 0.29) is 5.41 Å². The lowest BCUT2D eigenvalue weighted by Crippen LogP contribution is -2.39. The van der Waals surface area contributed by atoms with E-state index in [2.05, 4.69) is 18.7 Å². The lowest BCUT2D eigenvalue weighted by molar-refractivity contribution is -0.117. The van der Waals surface area contributed by atoms with E-state index in [9.17, 15) is 4.79 Å². The highest BCUT2D eigenvalue weighted by Crippen LogP contribution is 2.38. The summed E-state index contributed by atoms with van der Waals surface area (Å²) in [6.45, 7) is 6.83. The van der Waals surface area contributed by atoms with Crippen LogP contribution < -0.4 is 0 Å². The second kappa shape index (κ2) is 4.25. The standard InChI is InChI=1S/C13H23NO/c1-11-7-12(2)14(8-11)9-13(10-15)5-3-4-6-13/h10-12H,3-9H2,1-2H3. The molecular formula is C13H23NO. The second-order valence-electron chi connectivity index (χ2n) is 5.81. The van der Waals surface area contributed by atoms with Crippen LogP contribution in [0, 0.1) is 11.3 Å². The Bertz CT molecular complexity index is 233. The molecule has 86 valence electrons. The van der Waals surface area contributed by atoms with Crippen LogP contribution in [-0.2, 0) is 4.79 Å². The van der Waals surface area contributed by atoms with E-state index in [1.807, 2.05) is 0 Å². The number of hydrogen-bond acceptors (Lipinski definition) is 2. The van der Waals surface area contributed by atoms with Crippen LogP contribution in [0.5, 0.6) is 0 Å². The highest BCUT2D eigenvalue weighted by Gasteiger charge is 2.38. The van der Waals surface area contributed by atoms with Gasteiger partial charge in [0.25, 0.3) is 0 Å². The van der Waals surface area contributed by atoms with Gasteiger partial charge in [0.2, 0.25) is 0 Å². The van der Waals surface area contributed by atoms with Crippen molar-refractivity contribution < 1.29 is 4.79 Å². The van der Waals surface area contributed by atoms with Gasteiger partial charge in [0.1, 0.15) is 6.29 Å². The first-order valence-electron chi connectivity index (χ1n) is 6.36. The summed E-state index contributed by atoms with van der Waals surface area (Å²) < 4.78 is 0. The van der Waals surface area contributed by atoms with Crippen molar-refractivity contribution in [2.45, 2.75) is 52.0 Å². The molecule has 1 saturated heterocycles. The van der Waals surface area contributed by atoms with Gasteiger partial charge in [0, 0.05) is 24.5 Å². The summed E-state index contributed by atoms with van der Waals surface area (Å²) in [5.41, 5.74) is 0.0122. The monoisotopic (exact) mass is 209 g/mol. The maximum atomic E-state index is 11.3. The number of carbonyl (C=O) groups excluding carboxylic acids is 1. The van der Waals surface area contributed by atoms with Gasteiger partial charge in [-0.2, -0.15) is 0 Å². The van der Waals surface area contributed by atoms with Crippen LogP contribution in [0.4, 0.5) is 0 Å². The predicted octanol–water partition coefficient (Wildman–Crippen LogP) is 2.48. The first kappa shape index (κ1) is 11.1. The van der Waals surface area contributed by atoms with Crippen molar-refractivity contribution in [1.29, 1.82) is 0 Å². The maximum Gasteiger partial charge on any atom is 0.127 e. The molecule has 0 radical (unpaired) electrons. The largest absolute Gasteiger partial charge is 0.303 e. The predicted molar refractivity (Wildman–Crippen MR) is 61.8 cm³/mol. The summed E-state index contributed by atoms with van der Waals surface area (Å²) in [5.74, 6) is 0.810. The number of rotatable bonds is 3. The molecule has 2 heteroatoms. The molecular weight excluding hydrogens is 186 g/mol. The Morgan fingerprint density at radius 1 is 1.33 bits per heavy atom. The molecule has 0 aromatic rings. The van der Waals surface area contributed by atoms with Crippen molar-refractivity contribution in [2.24, 2.45) is 11.3 Å². The SMILES string of the molecule is CC1CC(C)N(CC2(C=O)CCCC2)C1. The van der Waals surface area contributed by atoms with Crippen LogP contribution in [0.15, 0.2) is 0 Å². The van der Waals surface area contributed by atoms with E-state index in [1.54, 1.807) is 0 Å². The molecule has 2 rings (SSSR count). The molecule has 1 saturated carbocycles. The molecule has 1 aliphatic heterocycles. The number of carbonyl (C=O) groups is 1. The molecule has 0 bridgehead atoms. The summed E-state index contributed by atoms with van der Waals surface area (Å²) in [6, 6.07) is 0.678. The third-order valence-electron chi connectivity index (χ3n) is 4.28. The lowest BCUT2D eigenvalue weighted by atomic mass is 9.87. The molecule has 0 spiro atoms. The van der Waals surface area contributed by atoms with Gasteiger partial charge >= 0.3 is 0 Å². The minimum Gasteiger partial charge on any atom is -0.303 e. The summed E-state index contributed by atoms with van der Waals surface area (Å²) in [5, 5.41) is 0. The van der Waals surface area contributed by atoms with Crippen LogP contribution in [0.1, 0.15) is 46.0 Å². The number of aldehydes is 1. The summed E-state index contributed by atoms with van der Waals surface area (Å²) in [4.78, 5) is 13.8. The Balaban J connectivity index is 1.97. The van der Waals surface area contributed by atoms with Crippen molar-refractivity contribution in [3.8, 4) is 0 Å². The summed E-state index contributed by atoms with van der Waals surface area (Å²) >= 11 is 0. The zero-order valence-corrected chi connectivity index (χ0v) is 10.0. The van der Waals surface area contributed by atoms with Crippen LogP contribution in [0.2, 0.25) is 0 Å². The molecule has 0 aromatic heterocycles. The van der Waals surface area contributed by atoms with Crippen LogP contribution in [-0.4, -0.2) is 30.3 Å². The quantitative estimate of drug-likeness (QED) is 0.666. The van der Waals surface area contributed by atoms with Crippen molar-refractivity contribution in [2.75, 3.05) is 13.1 Å². The molecule has 0 N–H and O–H groups in total. The molecule has 0 amide bonds. The van der Waals surface area contributed by atoms with Gasteiger partial charge in [-0.25, -0.2) is 0 Å². The summed E-state index contributed by atoms with van der Waals surface area (Å²) in [7, 11) is 0. The second-order valence-corrected chi connectivity index (χ2v) is 5.81. The smallest absolute Gasteiger partial charge is 0.127 e. The molecule has 2 aliphatic rings. The van der Waals surface area contributed by atoms with E-state index in [0.717, 1.165) is 25.3 Å². The fourth-order valence-corrected chi connectivity index (χ4v) is 3.40. The van der Waals surface area contributed by atoms with Crippen LogP contribution in [0.25, 0.3) is 0 Å². The Kier molecular flexibility index (Phi) is 3.15. The van der Waals surface area contributed by atoms with Gasteiger partial charge in [0.15, 0.2) is 0 Å². The Hall–Kier alpha value is -0.370. The van der Waals surface area contributed by atoms with E-state index in [0.29, 0.717) is 6.04 Å². The average molecular weight is 209 g/mol. The van der Waals surface area contributed by atoms with Gasteiger partial charge < -0.3 is 4.79 Å². The molecule has 1 aliphatic carbocycles. The Morgan fingerprint density at radius 3 is 2.47 bits per heavy atom. The van der Waals surface area contributed by atoms with Crippen molar-refractivity contribution in [3.05, 3.63) is 0 Å². The van der Waals surface area contributed by atoms with E-state index >= 15 is 0 Å². The Morgan fingerprint density at radius 2 is 2.00 bits per heavy atom. The van der Waals surface area contributed by atoms with E-state index in [1.165, 1.54) is 32.1 Å². The van der Waals surface area contributed by atoms with Gasteiger partial charge in [-0.1, -0.05) is 19.8 Å². The Labute approximate surface area is 93.0 Å². The molecule has 2 fully saturated rings. The van der Waals surface area contributed by atoms with Gasteiger partial charge in [0.05, 0.1) is 0 Å². The van der Waals surface area contributed by atoms with E-state index < -0.39 is 0 Å². The first-order valence-corrected chi connectivity index (χ1v) is 6.36. The van der Waals surface area contributed by atoms with Gasteiger partial charge in [-0.05, 0) is 32.1 Å². The number of likely N-dealkylation sites (tertiary alicyclic amines) is 1. The van der Waals surface area contributed by atoms with Crippen molar-refractivity contribution >= 4 is 6.29 Å². The van der Waals surface area contributed by atoms with E-state index in [4.69, 9.17) is 0 Å². The zero-order valence-electron chi connectivity index (χ0n) is 10.0. The minimum absolute atomic E-state index is 0.0122. The number of hydrogen-bond donors (Lipinski definition) is 0. The topological polar surface area (TPSA) is 20.3 Å². The number of nitrogens with zero attached hydrogens (tertiary/aromatic N) is 1.